The number of piperidine rings is 1. The number of carbonyl (C=O) groups is 1. The summed E-state index contributed by atoms with van der Waals surface area (Å²) in [5, 5.41) is 0. The third kappa shape index (κ3) is 3.62. The number of H-pyrrole nitrogens is 1. The number of hydrogen-bond donors (Lipinski definition) is 1. The van der Waals surface area contributed by atoms with E-state index in [1.807, 2.05) is 28.9 Å². The highest BCUT2D eigenvalue weighted by Crippen LogP contribution is 2.31. The first-order chi connectivity index (χ1) is 14.6. The van der Waals surface area contributed by atoms with Crippen LogP contribution >= 0.6 is 0 Å². The monoisotopic (exact) mass is 404 g/mol. The fourth-order valence-electron chi connectivity index (χ4n) is 4.62. The Bertz CT molecular complexity index is 1090. The summed E-state index contributed by atoms with van der Waals surface area (Å²) in [4.78, 5) is 24.9. The predicted molar refractivity (Wildman–Crippen MR) is 118 cm³/mol. The van der Waals surface area contributed by atoms with Gasteiger partial charge in [-0.3, -0.25) is 0 Å². The summed E-state index contributed by atoms with van der Waals surface area (Å²) in [5.41, 5.74) is 5.31. The van der Waals surface area contributed by atoms with Crippen molar-refractivity contribution < 1.29 is 9.53 Å². The van der Waals surface area contributed by atoms with E-state index < -0.39 is 0 Å². The molecule has 30 heavy (non-hydrogen) atoms. The number of nitrogens with one attached hydrogen (secondary N) is 1. The van der Waals surface area contributed by atoms with Gasteiger partial charge in [-0.25, -0.2) is 9.78 Å². The molecule has 3 aromatic rings. The molecule has 6 nitrogen and oxygen atoms in total. The Morgan fingerprint density at radius 1 is 1.13 bits per heavy atom. The fraction of sp³-hybridized carbons (Fsp3) is 0.417. The molecule has 2 aliphatic rings. The number of hydrogen-bond acceptors (Lipinski definition) is 3. The average molecular weight is 405 g/mol. The molecule has 0 spiro atoms. The van der Waals surface area contributed by atoms with Crippen molar-refractivity contribution in [2.75, 3.05) is 26.2 Å². The molecule has 3 heterocycles. The van der Waals surface area contributed by atoms with Gasteiger partial charge in [0.05, 0.1) is 24.1 Å². The Kier molecular flexibility index (Phi) is 4.85. The molecule has 1 atom stereocenters. The third-order valence-corrected chi connectivity index (χ3v) is 6.17. The van der Waals surface area contributed by atoms with E-state index in [0.717, 1.165) is 58.8 Å². The maximum absolute atomic E-state index is 13.2. The minimum absolute atomic E-state index is 0.137. The Morgan fingerprint density at radius 2 is 1.97 bits per heavy atom. The van der Waals surface area contributed by atoms with Crippen molar-refractivity contribution in [1.29, 1.82) is 0 Å². The molecule has 2 aliphatic heterocycles. The molecule has 0 bridgehead atoms. The van der Waals surface area contributed by atoms with Crippen LogP contribution in [-0.2, 0) is 6.54 Å². The van der Waals surface area contributed by atoms with E-state index in [1.165, 1.54) is 6.42 Å². The fourth-order valence-corrected chi connectivity index (χ4v) is 4.62. The number of urea groups is 1. The summed E-state index contributed by atoms with van der Waals surface area (Å²) >= 11 is 0. The summed E-state index contributed by atoms with van der Waals surface area (Å²) in [6.07, 6.45) is 2.30. The highest BCUT2D eigenvalue weighted by molar-refractivity contribution is 5.82. The number of benzene rings is 2. The lowest BCUT2D eigenvalue weighted by atomic mass is 10.0. The smallest absolute Gasteiger partial charge is 0.320 e. The van der Waals surface area contributed by atoms with Crippen LogP contribution in [-0.4, -0.2) is 52.0 Å². The molecule has 0 saturated carbocycles. The zero-order valence-corrected chi connectivity index (χ0v) is 17.6. The molecular weight excluding hydrogens is 376 g/mol. The van der Waals surface area contributed by atoms with Crippen molar-refractivity contribution in [2.24, 2.45) is 5.92 Å². The third-order valence-electron chi connectivity index (χ3n) is 6.17. The lowest BCUT2D eigenvalue weighted by molar-refractivity contribution is 0.125. The van der Waals surface area contributed by atoms with Gasteiger partial charge in [0.1, 0.15) is 18.2 Å². The number of ether oxygens (including phenoxy) is 1. The Morgan fingerprint density at radius 3 is 2.83 bits per heavy atom. The number of amides is 2. The minimum atomic E-state index is 0.137. The van der Waals surface area contributed by atoms with Crippen LogP contribution in [0.2, 0.25) is 0 Å². The van der Waals surface area contributed by atoms with E-state index >= 15 is 0 Å². The van der Waals surface area contributed by atoms with Crippen LogP contribution in [0.5, 0.6) is 5.75 Å². The number of imidazole rings is 1. The number of nitrogens with zero attached hydrogens (tertiary/aromatic N) is 3. The summed E-state index contributed by atoms with van der Waals surface area (Å²) in [7, 11) is 0. The molecule has 0 radical (unpaired) electrons. The van der Waals surface area contributed by atoms with Gasteiger partial charge in [0, 0.05) is 18.7 Å². The molecule has 1 N–H and O–H groups in total. The number of aryl methyl sites for hydroxylation is 1. The van der Waals surface area contributed by atoms with E-state index in [1.54, 1.807) is 0 Å². The van der Waals surface area contributed by atoms with Crippen LogP contribution in [0.3, 0.4) is 0 Å². The molecule has 1 fully saturated rings. The zero-order valence-electron chi connectivity index (χ0n) is 17.6. The van der Waals surface area contributed by atoms with E-state index in [0.29, 0.717) is 25.6 Å². The number of likely N-dealkylation sites (tertiary alicyclic amines) is 1. The van der Waals surface area contributed by atoms with Crippen LogP contribution in [0.15, 0.2) is 36.4 Å². The summed E-state index contributed by atoms with van der Waals surface area (Å²) in [5.74, 6) is 2.36. The molecular formula is C24H28N4O2. The number of rotatable bonds is 1. The Labute approximate surface area is 176 Å². The summed E-state index contributed by atoms with van der Waals surface area (Å²) in [6.45, 7) is 7.63. The average Bonchev–Trinajstić information content (AvgIpc) is 2.98. The zero-order chi connectivity index (χ0) is 20.7. The van der Waals surface area contributed by atoms with Crippen molar-refractivity contribution in [3.63, 3.8) is 0 Å². The highest BCUT2D eigenvalue weighted by atomic mass is 16.5. The Hall–Kier alpha value is -3.02. The van der Waals surface area contributed by atoms with E-state index in [9.17, 15) is 4.79 Å². The van der Waals surface area contributed by atoms with Gasteiger partial charge in [0.2, 0.25) is 0 Å². The second kappa shape index (κ2) is 7.67. The van der Waals surface area contributed by atoms with Crippen LogP contribution in [0.25, 0.3) is 22.2 Å². The van der Waals surface area contributed by atoms with Crippen molar-refractivity contribution >= 4 is 17.1 Å². The van der Waals surface area contributed by atoms with Gasteiger partial charge in [-0.15, -0.1) is 0 Å². The van der Waals surface area contributed by atoms with Crippen molar-refractivity contribution in [1.82, 2.24) is 19.8 Å². The normalized spacial score (nSPS) is 19.3. The molecule has 5 rings (SSSR count). The van der Waals surface area contributed by atoms with Crippen LogP contribution in [0, 0.1) is 12.8 Å². The second-order valence-corrected chi connectivity index (χ2v) is 8.62. The maximum Gasteiger partial charge on any atom is 0.320 e. The molecule has 1 saturated heterocycles. The van der Waals surface area contributed by atoms with Gasteiger partial charge in [0.15, 0.2) is 0 Å². The minimum Gasteiger partial charge on any atom is -0.491 e. The lowest BCUT2D eigenvalue weighted by Crippen LogP contribution is -2.47. The quantitative estimate of drug-likeness (QED) is 0.646. The van der Waals surface area contributed by atoms with E-state index in [-0.39, 0.29) is 6.03 Å². The standard InChI is InChI=1S/C24H28N4O2/c1-16-4-3-9-27(14-16)24(29)28-10-11-30-23-8-6-18(12-20(23)15-28)19-5-7-21-22(13-19)26-17(2)25-21/h5-8,12-13,16H,3-4,9-11,14-15H2,1-2H3,(H,25,26). The number of carbonyl (C=O) groups excluding carboxylic acids is 1. The van der Waals surface area contributed by atoms with Gasteiger partial charge in [-0.1, -0.05) is 19.1 Å². The topological polar surface area (TPSA) is 61.5 Å². The van der Waals surface area contributed by atoms with Crippen LogP contribution in [0.1, 0.15) is 31.2 Å². The van der Waals surface area contributed by atoms with Crippen molar-refractivity contribution in [3.05, 3.63) is 47.8 Å². The number of aromatic amines is 1. The van der Waals surface area contributed by atoms with Crippen LogP contribution < -0.4 is 4.74 Å². The van der Waals surface area contributed by atoms with Gasteiger partial charge in [-0.2, -0.15) is 0 Å². The molecule has 6 heteroatoms. The predicted octanol–water partition coefficient (Wildman–Crippen LogP) is 4.58. The van der Waals surface area contributed by atoms with Crippen molar-refractivity contribution in [3.8, 4) is 16.9 Å². The van der Waals surface area contributed by atoms with Gasteiger partial charge < -0.3 is 19.5 Å². The van der Waals surface area contributed by atoms with Crippen molar-refractivity contribution in [2.45, 2.75) is 33.2 Å². The first kappa shape index (κ1) is 19.0. The van der Waals surface area contributed by atoms with Gasteiger partial charge >= 0.3 is 6.03 Å². The van der Waals surface area contributed by atoms with E-state index in [2.05, 4.69) is 41.2 Å². The van der Waals surface area contributed by atoms with Crippen LogP contribution in [0.4, 0.5) is 4.79 Å². The molecule has 156 valence electrons. The van der Waals surface area contributed by atoms with Gasteiger partial charge in [0.25, 0.3) is 0 Å². The SMILES string of the molecule is Cc1nc2ccc(-c3ccc4c(c3)CN(C(=O)N3CCCC(C)C3)CCO4)cc2[nH]1. The lowest BCUT2D eigenvalue weighted by Gasteiger charge is -2.34. The number of aromatic nitrogens is 2. The number of fused-ring (bicyclic) bond motifs is 2. The first-order valence-corrected chi connectivity index (χ1v) is 10.8. The molecule has 2 aromatic carbocycles. The summed E-state index contributed by atoms with van der Waals surface area (Å²) < 4.78 is 5.97. The molecule has 1 aromatic heterocycles. The summed E-state index contributed by atoms with van der Waals surface area (Å²) in [6, 6.07) is 12.7. The molecule has 2 amide bonds. The maximum atomic E-state index is 13.2. The van der Waals surface area contributed by atoms with Gasteiger partial charge in [-0.05, 0) is 61.1 Å². The first-order valence-electron chi connectivity index (χ1n) is 10.8. The Balaban J connectivity index is 1.41. The second-order valence-electron chi connectivity index (χ2n) is 8.62. The largest absolute Gasteiger partial charge is 0.491 e. The molecule has 1 unspecified atom stereocenters. The van der Waals surface area contributed by atoms with E-state index in [4.69, 9.17) is 4.74 Å². The highest BCUT2D eigenvalue weighted by Gasteiger charge is 2.27. The molecule has 0 aliphatic carbocycles.